The summed E-state index contributed by atoms with van der Waals surface area (Å²) in [5.74, 6) is -0.266. The topological polar surface area (TPSA) is 93.3 Å². The summed E-state index contributed by atoms with van der Waals surface area (Å²) >= 11 is 0. The maximum Gasteiger partial charge on any atom is 0.312 e. The number of nitrogens with one attached hydrogen (secondary N) is 1. The fourth-order valence-corrected chi connectivity index (χ4v) is 3.76. The van der Waals surface area contributed by atoms with Crippen LogP contribution in [-0.2, 0) is 17.9 Å². The van der Waals surface area contributed by atoms with Crippen LogP contribution in [0.3, 0.4) is 0 Å². The van der Waals surface area contributed by atoms with Crippen LogP contribution in [0.1, 0.15) is 43.1 Å². The highest BCUT2D eigenvalue weighted by atomic mass is 16.6. The molecule has 1 N–H and O–H groups in total. The molecule has 1 atom stereocenters. The lowest BCUT2D eigenvalue weighted by Crippen LogP contribution is -2.36. The Balaban J connectivity index is 1.59. The molecule has 2 aromatic rings. The number of anilines is 1. The van der Waals surface area contributed by atoms with E-state index in [4.69, 9.17) is 0 Å². The molecule has 3 rings (SSSR count). The maximum absolute atomic E-state index is 12.3. The monoisotopic (exact) mass is 385 g/mol. The number of hydrogen-bond acceptors (Lipinski definition) is 5. The normalized spacial score (nSPS) is 17.5. The van der Waals surface area contributed by atoms with E-state index >= 15 is 0 Å². The van der Waals surface area contributed by atoms with Crippen molar-refractivity contribution in [2.24, 2.45) is 0 Å². The SMILES string of the molecule is Cc1nn(CC(=O)Nc2ccc(CN3CCCC[C@H]3C)cc2)c(C)c1[N+](=O)[O-]. The van der Waals surface area contributed by atoms with Gasteiger partial charge in [0, 0.05) is 18.3 Å². The zero-order valence-corrected chi connectivity index (χ0v) is 16.6. The average molecular weight is 385 g/mol. The molecule has 28 heavy (non-hydrogen) atoms. The highest BCUT2D eigenvalue weighted by molar-refractivity contribution is 5.90. The number of aromatic nitrogens is 2. The van der Waals surface area contributed by atoms with Crippen molar-refractivity contribution in [2.75, 3.05) is 11.9 Å². The molecule has 8 nitrogen and oxygen atoms in total. The number of likely N-dealkylation sites (tertiary alicyclic amines) is 1. The molecule has 1 aromatic carbocycles. The van der Waals surface area contributed by atoms with Gasteiger partial charge in [0.15, 0.2) is 0 Å². The lowest BCUT2D eigenvalue weighted by Gasteiger charge is -2.33. The molecule has 0 aliphatic carbocycles. The number of carbonyl (C=O) groups is 1. The Morgan fingerprint density at radius 2 is 2.00 bits per heavy atom. The van der Waals surface area contributed by atoms with Gasteiger partial charge in [-0.15, -0.1) is 0 Å². The number of benzene rings is 1. The molecule has 1 saturated heterocycles. The second kappa shape index (κ2) is 8.52. The van der Waals surface area contributed by atoms with Gasteiger partial charge in [0.05, 0.1) is 4.92 Å². The summed E-state index contributed by atoms with van der Waals surface area (Å²) in [7, 11) is 0. The number of amides is 1. The minimum absolute atomic E-state index is 0.0379. The summed E-state index contributed by atoms with van der Waals surface area (Å²) in [5.41, 5.74) is 2.58. The third-order valence-corrected chi connectivity index (χ3v) is 5.38. The van der Waals surface area contributed by atoms with Crippen LogP contribution in [0, 0.1) is 24.0 Å². The minimum Gasteiger partial charge on any atom is -0.324 e. The number of nitro groups is 1. The Morgan fingerprint density at radius 3 is 2.61 bits per heavy atom. The molecule has 8 heteroatoms. The van der Waals surface area contributed by atoms with Gasteiger partial charge in [-0.05, 0) is 57.9 Å². The summed E-state index contributed by atoms with van der Waals surface area (Å²) in [4.78, 5) is 25.4. The van der Waals surface area contributed by atoms with Gasteiger partial charge < -0.3 is 5.32 Å². The van der Waals surface area contributed by atoms with Gasteiger partial charge in [0.1, 0.15) is 17.9 Å². The van der Waals surface area contributed by atoms with Crippen molar-refractivity contribution in [3.05, 3.63) is 51.3 Å². The Morgan fingerprint density at radius 1 is 1.29 bits per heavy atom. The summed E-state index contributed by atoms with van der Waals surface area (Å²) < 4.78 is 1.37. The van der Waals surface area contributed by atoms with Gasteiger partial charge in [0.25, 0.3) is 0 Å². The number of piperidine rings is 1. The fourth-order valence-electron chi connectivity index (χ4n) is 3.76. The lowest BCUT2D eigenvalue weighted by atomic mass is 10.0. The fraction of sp³-hybridized carbons (Fsp3) is 0.500. The first-order valence-electron chi connectivity index (χ1n) is 9.66. The van der Waals surface area contributed by atoms with E-state index in [0.29, 0.717) is 23.1 Å². The molecular formula is C20H27N5O3. The van der Waals surface area contributed by atoms with Crippen LogP contribution >= 0.6 is 0 Å². The largest absolute Gasteiger partial charge is 0.324 e. The number of aryl methyl sites for hydroxylation is 1. The molecule has 1 aliphatic heterocycles. The van der Waals surface area contributed by atoms with Crippen molar-refractivity contribution in [1.29, 1.82) is 0 Å². The van der Waals surface area contributed by atoms with Gasteiger partial charge in [-0.3, -0.25) is 24.5 Å². The van der Waals surface area contributed by atoms with Gasteiger partial charge in [0.2, 0.25) is 5.91 Å². The van der Waals surface area contributed by atoms with Gasteiger partial charge in [-0.25, -0.2) is 0 Å². The van der Waals surface area contributed by atoms with Crippen molar-refractivity contribution in [2.45, 2.75) is 59.2 Å². The third-order valence-electron chi connectivity index (χ3n) is 5.38. The van der Waals surface area contributed by atoms with Crippen molar-refractivity contribution in [3.8, 4) is 0 Å². The number of carbonyl (C=O) groups excluding carboxylic acids is 1. The molecule has 0 unspecified atom stereocenters. The highest BCUT2D eigenvalue weighted by Gasteiger charge is 2.23. The quantitative estimate of drug-likeness (QED) is 0.607. The van der Waals surface area contributed by atoms with Crippen LogP contribution in [-0.4, -0.2) is 38.1 Å². The minimum atomic E-state index is -0.464. The maximum atomic E-state index is 12.3. The first-order valence-corrected chi connectivity index (χ1v) is 9.66. The standard InChI is InChI=1S/C20H27N5O3/c1-14-6-4-5-11-23(14)12-17-7-9-18(10-8-17)21-19(26)13-24-16(3)20(25(27)28)15(2)22-24/h7-10,14H,4-6,11-13H2,1-3H3,(H,21,26)/t14-/m1/s1. The summed E-state index contributed by atoms with van der Waals surface area (Å²) in [6.07, 6.45) is 3.81. The third kappa shape index (κ3) is 4.56. The Kier molecular flexibility index (Phi) is 6.08. The van der Waals surface area contributed by atoms with Crippen LogP contribution in [0.15, 0.2) is 24.3 Å². The number of hydrogen-bond donors (Lipinski definition) is 1. The van der Waals surface area contributed by atoms with Crippen LogP contribution in [0.2, 0.25) is 0 Å². The predicted molar refractivity (Wildman–Crippen MR) is 107 cm³/mol. The van der Waals surface area contributed by atoms with Crippen molar-refractivity contribution >= 4 is 17.3 Å². The van der Waals surface area contributed by atoms with E-state index in [1.807, 2.05) is 24.3 Å². The van der Waals surface area contributed by atoms with Crippen LogP contribution in [0.4, 0.5) is 11.4 Å². The summed E-state index contributed by atoms with van der Waals surface area (Å²) in [5, 5.41) is 18.0. The van der Waals surface area contributed by atoms with E-state index in [-0.39, 0.29) is 18.1 Å². The average Bonchev–Trinajstić information content (AvgIpc) is 2.92. The zero-order chi connectivity index (χ0) is 20.3. The molecule has 1 aromatic heterocycles. The van der Waals surface area contributed by atoms with Crippen LogP contribution in [0.25, 0.3) is 0 Å². The molecule has 150 valence electrons. The second-order valence-corrected chi connectivity index (χ2v) is 7.49. The van der Waals surface area contributed by atoms with E-state index < -0.39 is 4.92 Å². The van der Waals surface area contributed by atoms with E-state index in [0.717, 1.165) is 13.1 Å². The smallest absolute Gasteiger partial charge is 0.312 e. The molecule has 0 bridgehead atoms. The Labute approximate surface area is 164 Å². The van der Waals surface area contributed by atoms with Crippen molar-refractivity contribution in [1.82, 2.24) is 14.7 Å². The molecule has 0 spiro atoms. The van der Waals surface area contributed by atoms with Gasteiger partial charge >= 0.3 is 5.69 Å². The summed E-state index contributed by atoms with van der Waals surface area (Å²) in [6, 6.07) is 8.46. The van der Waals surface area contributed by atoms with E-state index in [2.05, 4.69) is 22.2 Å². The Bertz CT molecular complexity index is 859. The Hall–Kier alpha value is -2.74. The van der Waals surface area contributed by atoms with Gasteiger partial charge in [-0.2, -0.15) is 5.10 Å². The molecule has 0 radical (unpaired) electrons. The highest BCUT2D eigenvalue weighted by Crippen LogP contribution is 2.22. The summed E-state index contributed by atoms with van der Waals surface area (Å²) in [6.45, 7) is 7.44. The van der Waals surface area contributed by atoms with E-state index in [1.165, 1.54) is 29.5 Å². The predicted octanol–water partition coefficient (Wildman–Crippen LogP) is 3.42. The molecule has 0 saturated carbocycles. The molecule has 1 aliphatic rings. The van der Waals surface area contributed by atoms with E-state index in [9.17, 15) is 14.9 Å². The van der Waals surface area contributed by atoms with E-state index in [1.54, 1.807) is 13.8 Å². The second-order valence-electron chi connectivity index (χ2n) is 7.49. The first-order chi connectivity index (χ1) is 13.3. The molecule has 1 amide bonds. The lowest BCUT2D eigenvalue weighted by molar-refractivity contribution is -0.386. The van der Waals surface area contributed by atoms with Gasteiger partial charge in [-0.1, -0.05) is 18.6 Å². The first kappa shape index (κ1) is 20.0. The van der Waals surface area contributed by atoms with Crippen molar-refractivity contribution in [3.63, 3.8) is 0 Å². The number of nitrogens with zero attached hydrogens (tertiary/aromatic N) is 4. The number of rotatable bonds is 6. The van der Waals surface area contributed by atoms with Crippen LogP contribution < -0.4 is 5.32 Å². The van der Waals surface area contributed by atoms with Crippen molar-refractivity contribution < 1.29 is 9.72 Å². The zero-order valence-electron chi connectivity index (χ0n) is 16.6. The molecule has 1 fully saturated rings. The van der Waals surface area contributed by atoms with Crippen LogP contribution in [0.5, 0.6) is 0 Å². The molecular weight excluding hydrogens is 358 g/mol. The molecule has 2 heterocycles.